The SMILES string of the molecule is CCOC(=O)Cc1csc(NN=Cc2cc(F)cc3cc[nH]c23)n1. The molecule has 0 aliphatic rings. The maximum atomic E-state index is 13.6. The number of fused-ring (bicyclic) bond motifs is 1. The number of aromatic nitrogens is 2. The number of carbonyl (C=O) groups is 1. The van der Waals surface area contributed by atoms with Gasteiger partial charge in [-0.3, -0.25) is 10.2 Å². The first kappa shape index (κ1) is 16.1. The van der Waals surface area contributed by atoms with E-state index in [2.05, 4.69) is 20.5 Å². The number of nitrogens with one attached hydrogen (secondary N) is 2. The Bertz CT molecular complexity index is 887. The van der Waals surface area contributed by atoms with Crippen LogP contribution in [0.3, 0.4) is 0 Å². The molecule has 2 heterocycles. The van der Waals surface area contributed by atoms with Crippen molar-refractivity contribution in [3.05, 3.63) is 46.9 Å². The predicted octanol–water partition coefficient (Wildman–Crippen LogP) is 3.32. The number of rotatable bonds is 6. The standard InChI is InChI=1S/C16H15FN4O2S/c1-2-23-14(22)7-13-9-24-16(20-13)21-19-8-11-6-12(17)5-10-3-4-18-15(10)11/h3-6,8-9,18H,2,7H2,1H3,(H,20,21). The van der Waals surface area contributed by atoms with E-state index < -0.39 is 0 Å². The number of halogens is 1. The second kappa shape index (κ2) is 7.22. The van der Waals surface area contributed by atoms with Crippen LogP contribution in [0, 0.1) is 5.82 Å². The van der Waals surface area contributed by atoms with Gasteiger partial charge in [0.15, 0.2) is 0 Å². The zero-order valence-electron chi connectivity index (χ0n) is 12.9. The molecule has 1 aromatic carbocycles. The number of hydrogen-bond acceptors (Lipinski definition) is 6. The second-order valence-corrected chi connectivity index (χ2v) is 5.79. The molecule has 0 bridgehead atoms. The Balaban J connectivity index is 1.67. The summed E-state index contributed by atoms with van der Waals surface area (Å²) in [5.41, 5.74) is 4.84. The van der Waals surface area contributed by atoms with Gasteiger partial charge in [0.05, 0.1) is 30.5 Å². The van der Waals surface area contributed by atoms with Crippen LogP contribution in [0.1, 0.15) is 18.2 Å². The van der Waals surface area contributed by atoms with Crippen LogP contribution in [0.2, 0.25) is 0 Å². The molecule has 24 heavy (non-hydrogen) atoms. The highest BCUT2D eigenvalue weighted by molar-refractivity contribution is 7.13. The van der Waals surface area contributed by atoms with Crippen molar-refractivity contribution in [3.8, 4) is 0 Å². The average Bonchev–Trinajstić information content (AvgIpc) is 3.16. The molecule has 0 fully saturated rings. The van der Waals surface area contributed by atoms with E-state index in [9.17, 15) is 9.18 Å². The number of aromatic amines is 1. The summed E-state index contributed by atoms with van der Waals surface area (Å²) in [5, 5.41) is 7.17. The van der Waals surface area contributed by atoms with E-state index in [1.807, 2.05) is 0 Å². The fourth-order valence-electron chi connectivity index (χ4n) is 2.22. The largest absolute Gasteiger partial charge is 0.466 e. The lowest BCUT2D eigenvalue weighted by Crippen LogP contribution is -2.07. The summed E-state index contributed by atoms with van der Waals surface area (Å²) in [6.45, 7) is 2.10. The zero-order valence-corrected chi connectivity index (χ0v) is 13.7. The molecule has 124 valence electrons. The van der Waals surface area contributed by atoms with Crippen molar-refractivity contribution < 1.29 is 13.9 Å². The first-order valence-electron chi connectivity index (χ1n) is 7.31. The van der Waals surface area contributed by atoms with Gasteiger partial charge in [-0.15, -0.1) is 11.3 Å². The third-order valence-corrected chi connectivity index (χ3v) is 4.00. The number of nitrogens with zero attached hydrogens (tertiary/aromatic N) is 2. The average molecular weight is 346 g/mol. The summed E-state index contributed by atoms with van der Waals surface area (Å²) in [5.74, 6) is -0.638. The fraction of sp³-hybridized carbons (Fsp3) is 0.188. The molecule has 0 aliphatic heterocycles. The predicted molar refractivity (Wildman–Crippen MR) is 91.9 cm³/mol. The van der Waals surface area contributed by atoms with Crippen molar-refractivity contribution in [1.82, 2.24) is 9.97 Å². The summed E-state index contributed by atoms with van der Waals surface area (Å²) in [4.78, 5) is 18.7. The van der Waals surface area contributed by atoms with E-state index in [1.54, 1.807) is 24.6 Å². The van der Waals surface area contributed by atoms with Gasteiger partial charge in [0, 0.05) is 22.5 Å². The number of hydrazone groups is 1. The molecule has 0 radical (unpaired) electrons. The van der Waals surface area contributed by atoms with Gasteiger partial charge < -0.3 is 9.72 Å². The summed E-state index contributed by atoms with van der Waals surface area (Å²) in [7, 11) is 0. The minimum absolute atomic E-state index is 0.128. The zero-order chi connectivity index (χ0) is 16.9. The second-order valence-electron chi connectivity index (χ2n) is 4.93. The molecule has 0 saturated carbocycles. The van der Waals surface area contributed by atoms with Crippen LogP contribution in [0.15, 0.2) is 34.9 Å². The van der Waals surface area contributed by atoms with E-state index >= 15 is 0 Å². The molecule has 0 atom stereocenters. The van der Waals surface area contributed by atoms with Gasteiger partial charge in [-0.05, 0) is 25.1 Å². The fourth-order valence-corrected chi connectivity index (χ4v) is 2.88. The Labute approximate surface area is 141 Å². The lowest BCUT2D eigenvalue weighted by molar-refractivity contribution is -0.142. The van der Waals surface area contributed by atoms with Gasteiger partial charge in [-0.25, -0.2) is 9.37 Å². The minimum atomic E-state index is -0.325. The molecule has 0 unspecified atom stereocenters. The van der Waals surface area contributed by atoms with Gasteiger partial charge in [-0.1, -0.05) is 0 Å². The van der Waals surface area contributed by atoms with Crippen molar-refractivity contribution in [2.75, 3.05) is 12.0 Å². The molecule has 3 rings (SSSR count). The molecule has 3 aromatic rings. The van der Waals surface area contributed by atoms with Crippen molar-refractivity contribution >= 4 is 39.6 Å². The highest BCUT2D eigenvalue weighted by atomic mass is 32.1. The Morgan fingerprint density at radius 3 is 3.25 bits per heavy atom. The third kappa shape index (κ3) is 3.77. The van der Waals surface area contributed by atoms with Crippen LogP contribution in [-0.4, -0.2) is 28.8 Å². The molecule has 0 amide bonds. The van der Waals surface area contributed by atoms with Crippen molar-refractivity contribution in [1.29, 1.82) is 0 Å². The number of anilines is 1. The molecular formula is C16H15FN4O2S. The molecule has 2 aromatic heterocycles. The summed E-state index contributed by atoms with van der Waals surface area (Å²) in [6, 6.07) is 4.66. The van der Waals surface area contributed by atoms with E-state index in [0.29, 0.717) is 23.0 Å². The molecule has 6 nitrogen and oxygen atoms in total. The highest BCUT2D eigenvalue weighted by Gasteiger charge is 2.08. The Morgan fingerprint density at radius 2 is 2.42 bits per heavy atom. The van der Waals surface area contributed by atoms with E-state index in [4.69, 9.17) is 4.74 Å². The van der Waals surface area contributed by atoms with Crippen LogP contribution < -0.4 is 5.43 Å². The molecular weight excluding hydrogens is 331 g/mol. The number of thiazole rings is 1. The number of esters is 1. The maximum Gasteiger partial charge on any atom is 0.311 e. The number of carbonyl (C=O) groups excluding carboxylic acids is 1. The van der Waals surface area contributed by atoms with E-state index in [-0.39, 0.29) is 18.2 Å². The van der Waals surface area contributed by atoms with Gasteiger partial charge >= 0.3 is 5.97 Å². The van der Waals surface area contributed by atoms with Crippen LogP contribution in [0.25, 0.3) is 10.9 Å². The Kier molecular flexibility index (Phi) is 4.85. The smallest absolute Gasteiger partial charge is 0.311 e. The first-order chi connectivity index (χ1) is 11.7. The molecule has 0 aliphatic carbocycles. The van der Waals surface area contributed by atoms with Gasteiger partial charge in [0.1, 0.15) is 5.82 Å². The normalized spacial score (nSPS) is 11.2. The number of hydrogen-bond donors (Lipinski definition) is 2. The Hall–Kier alpha value is -2.74. The highest BCUT2D eigenvalue weighted by Crippen LogP contribution is 2.19. The monoisotopic (exact) mass is 346 g/mol. The summed E-state index contributed by atoms with van der Waals surface area (Å²) < 4.78 is 18.4. The molecule has 8 heteroatoms. The van der Waals surface area contributed by atoms with Crippen LogP contribution in [-0.2, 0) is 16.0 Å². The van der Waals surface area contributed by atoms with Crippen LogP contribution >= 0.6 is 11.3 Å². The van der Waals surface area contributed by atoms with E-state index in [1.165, 1.54) is 29.7 Å². The number of benzene rings is 1. The minimum Gasteiger partial charge on any atom is -0.466 e. The Morgan fingerprint density at radius 1 is 1.54 bits per heavy atom. The lowest BCUT2D eigenvalue weighted by atomic mass is 10.1. The molecule has 2 N–H and O–H groups in total. The van der Waals surface area contributed by atoms with Gasteiger partial charge in [-0.2, -0.15) is 5.10 Å². The summed E-state index contributed by atoms with van der Waals surface area (Å²) >= 11 is 1.33. The van der Waals surface area contributed by atoms with Crippen molar-refractivity contribution in [2.24, 2.45) is 5.10 Å². The summed E-state index contributed by atoms with van der Waals surface area (Å²) in [6.07, 6.45) is 3.40. The molecule has 0 spiro atoms. The van der Waals surface area contributed by atoms with E-state index in [0.717, 1.165) is 10.9 Å². The first-order valence-corrected chi connectivity index (χ1v) is 8.19. The number of H-pyrrole nitrogens is 1. The third-order valence-electron chi connectivity index (χ3n) is 3.20. The van der Waals surface area contributed by atoms with Crippen molar-refractivity contribution in [2.45, 2.75) is 13.3 Å². The maximum absolute atomic E-state index is 13.6. The topological polar surface area (TPSA) is 79.4 Å². The van der Waals surface area contributed by atoms with Crippen LogP contribution in [0.4, 0.5) is 9.52 Å². The van der Waals surface area contributed by atoms with Gasteiger partial charge in [0.25, 0.3) is 0 Å². The lowest BCUT2D eigenvalue weighted by Gasteiger charge is -1.99. The van der Waals surface area contributed by atoms with Crippen LogP contribution in [0.5, 0.6) is 0 Å². The van der Waals surface area contributed by atoms with Gasteiger partial charge in [0.2, 0.25) is 5.13 Å². The number of ether oxygens (including phenoxy) is 1. The molecule has 0 saturated heterocycles. The quantitative estimate of drug-likeness (QED) is 0.408. The van der Waals surface area contributed by atoms with Crippen molar-refractivity contribution in [3.63, 3.8) is 0 Å².